The summed E-state index contributed by atoms with van der Waals surface area (Å²) in [5.41, 5.74) is 4.81. The van der Waals surface area contributed by atoms with Gasteiger partial charge >= 0.3 is 5.69 Å². The van der Waals surface area contributed by atoms with Gasteiger partial charge in [0.25, 0.3) is 11.5 Å². The Hall–Kier alpha value is -4.34. The van der Waals surface area contributed by atoms with E-state index in [4.69, 9.17) is 15.2 Å². The van der Waals surface area contributed by atoms with Crippen LogP contribution < -0.4 is 31.8 Å². The second-order valence-electron chi connectivity index (χ2n) is 6.48. The molecule has 2 aromatic carbocycles. The highest BCUT2D eigenvalue weighted by Crippen LogP contribution is 2.32. The topological polar surface area (TPSA) is 146 Å². The van der Waals surface area contributed by atoms with E-state index in [1.807, 2.05) is 0 Å². The van der Waals surface area contributed by atoms with E-state index in [1.165, 1.54) is 24.3 Å². The first kappa shape index (κ1) is 19.0. The maximum Gasteiger partial charge on any atom is 0.328 e. The Morgan fingerprint density at radius 1 is 1.07 bits per heavy atom. The van der Waals surface area contributed by atoms with Crippen LogP contribution >= 0.6 is 0 Å². The number of anilines is 1. The van der Waals surface area contributed by atoms with Gasteiger partial charge < -0.3 is 25.5 Å². The Morgan fingerprint density at radius 3 is 2.53 bits per heavy atom. The smallest absolute Gasteiger partial charge is 0.328 e. The number of rotatable bonds is 5. The van der Waals surface area contributed by atoms with Crippen molar-refractivity contribution in [3.8, 4) is 11.5 Å². The molecule has 10 heteroatoms. The summed E-state index contributed by atoms with van der Waals surface area (Å²) >= 11 is 0. The van der Waals surface area contributed by atoms with Crippen molar-refractivity contribution in [2.45, 2.75) is 6.54 Å². The molecule has 30 heavy (non-hydrogen) atoms. The number of nitrogens with zero attached hydrogens (tertiary/aromatic N) is 1. The molecule has 0 fully saturated rings. The highest BCUT2D eigenvalue weighted by Gasteiger charge is 2.17. The van der Waals surface area contributed by atoms with Crippen molar-refractivity contribution < 1.29 is 19.1 Å². The summed E-state index contributed by atoms with van der Waals surface area (Å²) in [4.78, 5) is 51.0. The van der Waals surface area contributed by atoms with Crippen molar-refractivity contribution >= 4 is 17.5 Å². The van der Waals surface area contributed by atoms with Gasteiger partial charge in [0.15, 0.2) is 11.5 Å². The van der Waals surface area contributed by atoms with Crippen molar-refractivity contribution in [2.24, 2.45) is 5.73 Å². The monoisotopic (exact) mass is 408 g/mol. The minimum absolute atomic E-state index is 0.0563. The number of aromatic nitrogens is 2. The van der Waals surface area contributed by atoms with Gasteiger partial charge in [0.2, 0.25) is 12.7 Å². The van der Waals surface area contributed by atoms with E-state index in [0.717, 1.165) is 10.8 Å². The lowest BCUT2D eigenvalue weighted by Crippen LogP contribution is -2.39. The maximum atomic E-state index is 12.8. The van der Waals surface area contributed by atoms with E-state index in [2.05, 4.69) is 10.3 Å². The molecule has 0 spiro atoms. The summed E-state index contributed by atoms with van der Waals surface area (Å²) in [6, 6.07) is 10.9. The summed E-state index contributed by atoms with van der Waals surface area (Å²) in [6.07, 6.45) is 1.06. The molecule has 3 aromatic rings. The lowest BCUT2D eigenvalue weighted by atomic mass is 10.2. The number of ether oxygens (including phenoxy) is 2. The number of nitrogens with one attached hydrogen (secondary N) is 2. The number of hydrogen-bond acceptors (Lipinski definition) is 6. The number of carbonyl (C=O) groups is 2. The molecule has 0 radical (unpaired) electrons. The van der Waals surface area contributed by atoms with E-state index in [-0.39, 0.29) is 24.5 Å². The van der Waals surface area contributed by atoms with Crippen LogP contribution in [0.3, 0.4) is 0 Å². The molecule has 0 atom stereocenters. The summed E-state index contributed by atoms with van der Waals surface area (Å²) in [5, 5.41) is 2.55. The number of primary amides is 1. The molecule has 1 aromatic heterocycles. The van der Waals surface area contributed by atoms with E-state index in [1.54, 1.807) is 18.2 Å². The van der Waals surface area contributed by atoms with Crippen LogP contribution in [-0.2, 0) is 6.54 Å². The third kappa shape index (κ3) is 3.65. The zero-order valence-electron chi connectivity index (χ0n) is 15.5. The van der Waals surface area contributed by atoms with Gasteiger partial charge in [-0.3, -0.25) is 19.0 Å². The first-order valence-corrected chi connectivity index (χ1v) is 8.84. The van der Waals surface area contributed by atoms with E-state index in [9.17, 15) is 19.2 Å². The van der Waals surface area contributed by atoms with Crippen LogP contribution in [0.25, 0.3) is 0 Å². The molecule has 0 saturated heterocycles. The number of fused-ring (bicyclic) bond motifs is 1. The molecule has 0 bridgehead atoms. The van der Waals surface area contributed by atoms with E-state index in [0.29, 0.717) is 22.7 Å². The number of nitrogens with two attached hydrogens (primary N) is 1. The van der Waals surface area contributed by atoms with Crippen LogP contribution in [0.15, 0.2) is 58.3 Å². The molecular formula is C20H16N4O6. The third-order valence-electron chi connectivity index (χ3n) is 4.51. The molecule has 0 aliphatic carbocycles. The standard InChI is InChI=1S/C20H16N4O6/c21-17(25)12-2-4-13(5-3-12)23-18(26)14-8-22-20(28)24(19(14)27)9-11-1-6-15-16(7-11)30-10-29-15/h1-8H,9-10H2,(H2,21,25)(H,22,28)(H,23,26). The number of H-pyrrole nitrogens is 1. The summed E-state index contributed by atoms with van der Waals surface area (Å²) in [5.74, 6) is -0.205. The summed E-state index contributed by atoms with van der Waals surface area (Å²) in [6.45, 7) is 0.0502. The fraction of sp³-hybridized carbons (Fsp3) is 0.100. The summed E-state index contributed by atoms with van der Waals surface area (Å²) in [7, 11) is 0. The first-order valence-electron chi connectivity index (χ1n) is 8.84. The van der Waals surface area contributed by atoms with E-state index >= 15 is 0 Å². The molecule has 0 unspecified atom stereocenters. The molecule has 4 N–H and O–H groups in total. The Balaban J connectivity index is 1.59. The van der Waals surface area contributed by atoms with Gasteiger partial charge in [-0.2, -0.15) is 0 Å². The van der Waals surface area contributed by atoms with Gasteiger partial charge in [-0.15, -0.1) is 0 Å². The second-order valence-corrected chi connectivity index (χ2v) is 6.48. The number of hydrogen-bond donors (Lipinski definition) is 3. The second kappa shape index (κ2) is 7.59. The lowest BCUT2D eigenvalue weighted by molar-refractivity contribution is 0.0998. The van der Waals surface area contributed by atoms with Crippen LogP contribution in [-0.4, -0.2) is 28.2 Å². The highest BCUT2D eigenvalue weighted by atomic mass is 16.7. The first-order chi connectivity index (χ1) is 14.4. The summed E-state index contributed by atoms with van der Waals surface area (Å²) < 4.78 is 11.5. The molecule has 1 aliphatic rings. The fourth-order valence-corrected chi connectivity index (χ4v) is 2.96. The quantitative estimate of drug-likeness (QED) is 0.566. The predicted octanol–water partition coefficient (Wildman–Crippen LogP) is 0.665. The molecule has 0 saturated carbocycles. The van der Waals surface area contributed by atoms with Gasteiger partial charge in [-0.05, 0) is 42.0 Å². The van der Waals surface area contributed by atoms with Crippen molar-refractivity contribution in [3.63, 3.8) is 0 Å². The van der Waals surface area contributed by atoms with Crippen LogP contribution in [0.5, 0.6) is 11.5 Å². The van der Waals surface area contributed by atoms with Crippen molar-refractivity contribution in [1.29, 1.82) is 0 Å². The SMILES string of the molecule is NC(=O)c1ccc(NC(=O)c2c[nH]c(=O)n(Cc3ccc4c(c3)OCO4)c2=O)cc1. The fourth-order valence-electron chi connectivity index (χ4n) is 2.96. The average Bonchev–Trinajstić information content (AvgIpc) is 3.19. The molecular weight excluding hydrogens is 392 g/mol. The van der Waals surface area contributed by atoms with Gasteiger partial charge in [-0.1, -0.05) is 6.07 Å². The van der Waals surface area contributed by atoms with Gasteiger partial charge in [0, 0.05) is 17.4 Å². The Morgan fingerprint density at radius 2 is 1.80 bits per heavy atom. The van der Waals surface area contributed by atoms with Gasteiger partial charge in [0.1, 0.15) is 5.56 Å². The molecule has 152 valence electrons. The number of aromatic amines is 1. The molecule has 1 aliphatic heterocycles. The van der Waals surface area contributed by atoms with Crippen molar-refractivity contribution in [3.05, 3.63) is 86.2 Å². The number of benzene rings is 2. The number of amides is 2. The van der Waals surface area contributed by atoms with Crippen LogP contribution in [0.1, 0.15) is 26.3 Å². The molecule has 10 nitrogen and oxygen atoms in total. The predicted molar refractivity (Wildman–Crippen MR) is 106 cm³/mol. The van der Waals surface area contributed by atoms with Crippen LogP contribution in [0, 0.1) is 0 Å². The van der Waals surface area contributed by atoms with Crippen LogP contribution in [0.2, 0.25) is 0 Å². The average molecular weight is 408 g/mol. The minimum Gasteiger partial charge on any atom is -0.454 e. The van der Waals surface area contributed by atoms with Crippen molar-refractivity contribution in [1.82, 2.24) is 9.55 Å². The molecule has 2 heterocycles. The number of carbonyl (C=O) groups excluding carboxylic acids is 2. The minimum atomic E-state index is -0.748. The van der Waals surface area contributed by atoms with Gasteiger partial charge in [0.05, 0.1) is 6.54 Å². The van der Waals surface area contributed by atoms with Crippen LogP contribution in [0.4, 0.5) is 5.69 Å². The molecule has 2 amide bonds. The zero-order chi connectivity index (χ0) is 21.3. The Kier molecular flexibility index (Phi) is 4.80. The Bertz CT molecular complexity index is 1260. The lowest BCUT2D eigenvalue weighted by Gasteiger charge is -2.09. The zero-order valence-corrected chi connectivity index (χ0v) is 15.5. The third-order valence-corrected chi connectivity index (χ3v) is 4.51. The molecule has 4 rings (SSSR count). The van der Waals surface area contributed by atoms with Gasteiger partial charge in [-0.25, -0.2) is 4.79 Å². The highest BCUT2D eigenvalue weighted by molar-refractivity contribution is 6.04. The maximum absolute atomic E-state index is 12.8. The largest absolute Gasteiger partial charge is 0.454 e. The normalized spacial score (nSPS) is 11.9. The Labute approximate surface area is 168 Å². The van der Waals surface area contributed by atoms with E-state index < -0.39 is 23.1 Å². The van der Waals surface area contributed by atoms with Crippen molar-refractivity contribution in [2.75, 3.05) is 12.1 Å².